The lowest BCUT2D eigenvalue weighted by molar-refractivity contribution is 0.379. The maximum atomic E-state index is 5.06. The van der Waals surface area contributed by atoms with Crippen LogP contribution in [0.5, 0.6) is 6.01 Å². The molecule has 0 aliphatic heterocycles. The van der Waals surface area contributed by atoms with Crippen LogP contribution in [-0.4, -0.2) is 35.2 Å². The van der Waals surface area contributed by atoms with Crippen LogP contribution in [0.15, 0.2) is 0 Å². The van der Waals surface area contributed by atoms with Gasteiger partial charge in [-0.05, 0) is 24.7 Å². The molecule has 1 aromatic heterocycles. The molecule has 1 aliphatic carbocycles. The summed E-state index contributed by atoms with van der Waals surface area (Å²) in [6.07, 6.45) is 1.25. The van der Waals surface area contributed by atoms with Gasteiger partial charge in [-0.1, -0.05) is 13.8 Å². The molecule has 18 heavy (non-hydrogen) atoms. The van der Waals surface area contributed by atoms with Gasteiger partial charge in [-0.15, -0.1) is 0 Å². The summed E-state index contributed by atoms with van der Waals surface area (Å²) in [7, 11) is 1.55. The molecule has 6 nitrogen and oxygen atoms in total. The minimum Gasteiger partial charge on any atom is -0.467 e. The summed E-state index contributed by atoms with van der Waals surface area (Å²) in [5.74, 6) is 1.81. The van der Waals surface area contributed by atoms with Crippen molar-refractivity contribution in [1.29, 1.82) is 0 Å². The van der Waals surface area contributed by atoms with Gasteiger partial charge in [0, 0.05) is 13.1 Å². The summed E-state index contributed by atoms with van der Waals surface area (Å²) in [5.41, 5.74) is 0.453. The van der Waals surface area contributed by atoms with Crippen LogP contribution in [0.25, 0.3) is 0 Å². The molecule has 6 heteroatoms. The number of hydrogen-bond acceptors (Lipinski definition) is 6. The van der Waals surface area contributed by atoms with Gasteiger partial charge < -0.3 is 15.4 Å². The first-order chi connectivity index (χ1) is 8.55. The van der Waals surface area contributed by atoms with Crippen molar-refractivity contribution < 1.29 is 4.74 Å². The maximum absolute atomic E-state index is 5.06. The molecule has 1 aliphatic rings. The van der Waals surface area contributed by atoms with Gasteiger partial charge in [-0.3, -0.25) is 0 Å². The van der Waals surface area contributed by atoms with Crippen molar-refractivity contribution in [2.75, 3.05) is 30.8 Å². The Bertz CT molecular complexity index is 421. The Morgan fingerprint density at radius 1 is 1.22 bits per heavy atom. The molecule has 1 heterocycles. The second-order valence-electron chi connectivity index (χ2n) is 5.27. The van der Waals surface area contributed by atoms with Gasteiger partial charge in [-0.2, -0.15) is 15.0 Å². The number of anilines is 2. The van der Waals surface area contributed by atoms with Crippen LogP contribution in [-0.2, 0) is 0 Å². The normalized spacial score (nSPS) is 20.3. The number of aromatic nitrogens is 3. The van der Waals surface area contributed by atoms with Crippen molar-refractivity contribution in [3.63, 3.8) is 0 Å². The molecule has 0 aromatic carbocycles. The Kier molecular flexibility index (Phi) is 3.54. The third kappa shape index (κ3) is 3.00. The van der Waals surface area contributed by atoms with Crippen LogP contribution in [0, 0.1) is 11.3 Å². The molecule has 1 saturated carbocycles. The lowest BCUT2D eigenvalue weighted by Crippen LogP contribution is -2.13. The highest BCUT2D eigenvalue weighted by Gasteiger charge is 2.45. The van der Waals surface area contributed by atoms with E-state index in [0.29, 0.717) is 29.2 Å². The number of ether oxygens (including phenoxy) is 1. The largest absolute Gasteiger partial charge is 0.467 e. The smallest absolute Gasteiger partial charge is 0.322 e. The van der Waals surface area contributed by atoms with Crippen molar-refractivity contribution in [1.82, 2.24) is 15.0 Å². The second-order valence-corrected chi connectivity index (χ2v) is 5.27. The summed E-state index contributed by atoms with van der Waals surface area (Å²) in [5, 5.41) is 6.31. The molecule has 0 amide bonds. The standard InChI is InChI=1S/C12H21N5O/c1-5-13-9-15-10(17-11(16-9)18-4)14-7-8-6-12(8,2)3/h8H,5-7H2,1-4H3,(H2,13,14,15,16,17). The molecule has 1 unspecified atom stereocenters. The molecular weight excluding hydrogens is 230 g/mol. The molecule has 1 fully saturated rings. The first-order valence-corrected chi connectivity index (χ1v) is 6.33. The van der Waals surface area contributed by atoms with Gasteiger partial charge in [0.15, 0.2) is 0 Å². The average Bonchev–Trinajstić information content (AvgIpc) is 2.95. The molecule has 1 atom stereocenters. The third-order valence-electron chi connectivity index (χ3n) is 3.36. The molecule has 100 valence electrons. The van der Waals surface area contributed by atoms with Crippen molar-refractivity contribution in [2.24, 2.45) is 11.3 Å². The van der Waals surface area contributed by atoms with Gasteiger partial charge in [0.05, 0.1) is 7.11 Å². The van der Waals surface area contributed by atoms with E-state index in [1.165, 1.54) is 6.42 Å². The predicted octanol–water partition coefficient (Wildman–Crippen LogP) is 1.77. The van der Waals surface area contributed by atoms with Gasteiger partial charge in [-0.25, -0.2) is 0 Å². The van der Waals surface area contributed by atoms with Crippen LogP contribution in [0.4, 0.5) is 11.9 Å². The number of hydrogen-bond donors (Lipinski definition) is 2. The number of nitrogens with zero attached hydrogens (tertiary/aromatic N) is 3. The van der Waals surface area contributed by atoms with E-state index in [1.807, 2.05) is 6.92 Å². The van der Waals surface area contributed by atoms with E-state index in [-0.39, 0.29) is 0 Å². The monoisotopic (exact) mass is 251 g/mol. The van der Waals surface area contributed by atoms with Crippen molar-refractivity contribution in [3.05, 3.63) is 0 Å². The van der Waals surface area contributed by atoms with Crippen molar-refractivity contribution in [3.8, 4) is 6.01 Å². The van der Waals surface area contributed by atoms with Crippen LogP contribution in [0.3, 0.4) is 0 Å². The number of nitrogens with one attached hydrogen (secondary N) is 2. The Hall–Kier alpha value is -1.59. The molecule has 1 aromatic rings. The van der Waals surface area contributed by atoms with Crippen LogP contribution in [0.1, 0.15) is 27.2 Å². The molecule has 0 bridgehead atoms. The highest BCUT2D eigenvalue weighted by molar-refractivity contribution is 5.36. The summed E-state index contributed by atoms with van der Waals surface area (Å²) in [6.45, 7) is 8.21. The SMILES string of the molecule is CCNc1nc(NCC2CC2(C)C)nc(OC)n1. The molecule has 0 saturated heterocycles. The van der Waals surface area contributed by atoms with Crippen LogP contribution in [0.2, 0.25) is 0 Å². The minimum atomic E-state index is 0.332. The molecule has 2 N–H and O–H groups in total. The third-order valence-corrected chi connectivity index (χ3v) is 3.36. The number of rotatable bonds is 6. The Morgan fingerprint density at radius 2 is 1.83 bits per heavy atom. The minimum absolute atomic E-state index is 0.332. The summed E-state index contributed by atoms with van der Waals surface area (Å²) in [6, 6.07) is 0.332. The summed E-state index contributed by atoms with van der Waals surface area (Å²) >= 11 is 0. The zero-order valence-corrected chi connectivity index (χ0v) is 11.4. The van der Waals surface area contributed by atoms with Gasteiger partial charge >= 0.3 is 6.01 Å². The highest BCUT2D eigenvalue weighted by Crippen LogP contribution is 2.51. The van der Waals surface area contributed by atoms with E-state index in [0.717, 1.165) is 13.1 Å². The zero-order chi connectivity index (χ0) is 13.2. The Balaban J connectivity index is 2.00. The van der Waals surface area contributed by atoms with Crippen LogP contribution < -0.4 is 15.4 Å². The molecule has 0 radical (unpaired) electrons. The fraction of sp³-hybridized carbons (Fsp3) is 0.750. The van der Waals surface area contributed by atoms with Crippen molar-refractivity contribution >= 4 is 11.9 Å². The lowest BCUT2D eigenvalue weighted by Gasteiger charge is -2.09. The van der Waals surface area contributed by atoms with Crippen LogP contribution >= 0.6 is 0 Å². The molecular formula is C12H21N5O. The highest BCUT2D eigenvalue weighted by atomic mass is 16.5. The topological polar surface area (TPSA) is 72.0 Å². The first-order valence-electron chi connectivity index (χ1n) is 6.33. The number of methoxy groups -OCH3 is 1. The predicted molar refractivity (Wildman–Crippen MR) is 70.9 cm³/mol. The van der Waals surface area contributed by atoms with E-state index in [9.17, 15) is 0 Å². The summed E-state index contributed by atoms with van der Waals surface area (Å²) < 4.78 is 5.06. The fourth-order valence-electron chi connectivity index (χ4n) is 1.90. The zero-order valence-electron chi connectivity index (χ0n) is 11.4. The Morgan fingerprint density at radius 3 is 2.33 bits per heavy atom. The van der Waals surface area contributed by atoms with E-state index >= 15 is 0 Å². The van der Waals surface area contributed by atoms with E-state index in [4.69, 9.17) is 4.74 Å². The van der Waals surface area contributed by atoms with Gasteiger partial charge in [0.1, 0.15) is 0 Å². The first kappa shape index (κ1) is 12.9. The van der Waals surface area contributed by atoms with E-state index < -0.39 is 0 Å². The van der Waals surface area contributed by atoms with E-state index in [1.54, 1.807) is 7.11 Å². The Labute approximate surface area is 108 Å². The summed E-state index contributed by atoms with van der Waals surface area (Å²) in [4.78, 5) is 12.6. The second kappa shape index (κ2) is 4.96. The van der Waals surface area contributed by atoms with Gasteiger partial charge in [0.25, 0.3) is 0 Å². The van der Waals surface area contributed by atoms with E-state index in [2.05, 4.69) is 39.4 Å². The maximum Gasteiger partial charge on any atom is 0.322 e. The molecule has 0 spiro atoms. The molecule has 2 rings (SSSR count). The van der Waals surface area contributed by atoms with Gasteiger partial charge in [0.2, 0.25) is 11.9 Å². The fourth-order valence-corrected chi connectivity index (χ4v) is 1.90. The quantitative estimate of drug-likeness (QED) is 0.803. The van der Waals surface area contributed by atoms with Crippen molar-refractivity contribution in [2.45, 2.75) is 27.2 Å². The average molecular weight is 251 g/mol. The lowest BCUT2D eigenvalue weighted by atomic mass is 10.1.